The van der Waals surface area contributed by atoms with Crippen LogP contribution in [0.2, 0.25) is 0 Å². The third-order valence-corrected chi connectivity index (χ3v) is 1.26. The number of aliphatic hydroxyl groups excluding tert-OH is 1. The average Bonchev–Trinajstić information content (AvgIpc) is 1.87. The Morgan fingerprint density at radius 3 is 2.80 bits per heavy atom. The highest BCUT2D eigenvalue weighted by Crippen LogP contribution is 2.00. The minimum absolute atomic E-state index is 0.155. The van der Waals surface area contributed by atoms with Gasteiger partial charge in [-0.15, -0.1) is 0 Å². The predicted octanol–water partition coefficient (Wildman–Crippen LogP) is 2.28. The van der Waals surface area contributed by atoms with Crippen LogP contribution in [-0.4, -0.2) is 11.2 Å². The third kappa shape index (κ3) is 7.44. The van der Waals surface area contributed by atoms with E-state index in [1.165, 1.54) is 0 Å². The average molecular weight is 140 g/mol. The van der Waals surface area contributed by atoms with E-state index in [0.29, 0.717) is 0 Å². The summed E-state index contributed by atoms with van der Waals surface area (Å²) < 4.78 is 0. The van der Waals surface area contributed by atoms with Crippen molar-refractivity contribution in [2.45, 2.75) is 32.3 Å². The number of allylic oxidation sites excluding steroid dienone is 3. The maximum atomic E-state index is 8.86. The molecular formula is C9H16O. The maximum Gasteiger partial charge on any atom is 0.0512 e. The van der Waals surface area contributed by atoms with Crippen LogP contribution in [0, 0.1) is 0 Å². The standard InChI is InChI=1S/C9H16O/c1-3-4-5-6-7-8-9(2)10/h3-5,9-10H,1,6-8H2,2H3. The van der Waals surface area contributed by atoms with Gasteiger partial charge in [-0.1, -0.05) is 24.8 Å². The minimum Gasteiger partial charge on any atom is -0.393 e. The third-order valence-electron chi connectivity index (χ3n) is 1.26. The zero-order valence-electron chi connectivity index (χ0n) is 6.59. The van der Waals surface area contributed by atoms with Crippen molar-refractivity contribution in [3.63, 3.8) is 0 Å². The highest BCUT2D eigenvalue weighted by Gasteiger charge is 1.91. The van der Waals surface area contributed by atoms with E-state index in [0.717, 1.165) is 19.3 Å². The van der Waals surface area contributed by atoms with E-state index in [4.69, 9.17) is 5.11 Å². The molecule has 0 aromatic heterocycles. The molecule has 0 fully saturated rings. The topological polar surface area (TPSA) is 20.2 Å². The van der Waals surface area contributed by atoms with E-state index in [9.17, 15) is 0 Å². The molecular weight excluding hydrogens is 124 g/mol. The lowest BCUT2D eigenvalue weighted by atomic mass is 10.2. The zero-order valence-corrected chi connectivity index (χ0v) is 6.59. The number of unbranched alkanes of at least 4 members (excludes halogenated alkanes) is 1. The molecule has 0 rings (SSSR count). The van der Waals surface area contributed by atoms with E-state index >= 15 is 0 Å². The van der Waals surface area contributed by atoms with Crippen LogP contribution in [0.4, 0.5) is 0 Å². The smallest absolute Gasteiger partial charge is 0.0512 e. The number of hydrogen-bond acceptors (Lipinski definition) is 1. The van der Waals surface area contributed by atoms with Crippen LogP contribution >= 0.6 is 0 Å². The summed E-state index contributed by atoms with van der Waals surface area (Å²) >= 11 is 0. The van der Waals surface area contributed by atoms with Gasteiger partial charge in [0.25, 0.3) is 0 Å². The summed E-state index contributed by atoms with van der Waals surface area (Å²) in [4.78, 5) is 0. The summed E-state index contributed by atoms with van der Waals surface area (Å²) in [6.45, 7) is 5.37. The van der Waals surface area contributed by atoms with Crippen molar-refractivity contribution in [3.8, 4) is 0 Å². The first kappa shape index (κ1) is 9.44. The molecule has 0 aliphatic carbocycles. The monoisotopic (exact) mass is 140 g/mol. The molecule has 0 heterocycles. The predicted molar refractivity (Wildman–Crippen MR) is 44.9 cm³/mol. The van der Waals surface area contributed by atoms with Gasteiger partial charge in [0.1, 0.15) is 0 Å². The molecule has 1 unspecified atom stereocenters. The highest BCUT2D eigenvalue weighted by molar-refractivity contribution is 4.96. The summed E-state index contributed by atoms with van der Waals surface area (Å²) in [6.07, 6.45) is 8.59. The van der Waals surface area contributed by atoms with Crippen LogP contribution in [0.1, 0.15) is 26.2 Å². The van der Waals surface area contributed by atoms with Crippen molar-refractivity contribution >= 4 is 0 Å². The Morgan fingerprint density at radius 1 is 1.60 bits per heavy atom. The Hall–Kier alpha value is -0.560. The first-order valence-corrected chi connectivity index (χ1v) is 3.73. The van der Waals surface area contributed by atoms with Gasteiger partial charge in [0.15, 0.2) is 0 Å². The molecule has 0 aromatic carbocycles. The van der Waals surface area contributed by atoms with Gasteiger partial charge in [-0.3, -0.25) is 0 Å². The zero-order chi connectivity index (χ0) is 7.82. The first-order chi connectivity index (χ1) is 4.77. The molecule has 0 bridgehead atoms. The normalized spacial score (nSPS) is 13.8. The van der Waals surface area contributed by atoms with Gasteiger partial charge in [0.05, 0.1) is 6.10 Å². The molecule has 0 aromatic rings. The van der Waals surface area contributed by atoms with Gasteiger partial charge in [-0.25, -0.2) is 0 Å². The quantitative estimate of drug-likeness (QED) is 0.459. The summed E-state index contributed by atoms with van der Waals surface area (Å²) in [6, 6.07) is 0. The van der Waals surface area contributed by atoms with E-state index in [2.05, 4.69) is 12.7 Å². The fourth-order valence-corrected chi connectivity index (χ4v) is 0.724. The number of rotatable bonds is 5. The lowest BCUT2D eigenvalue weighted by Crippen LogP contribution is -1.97. The van der Waals surface area contributed by atoms with Crippen LogP contribution in [0.5, 0.6) is 0 Å². The van der Waals surface area contributed by atoms with Crippen molar-refractivity contribution in [1.82, 2.24) is 0 Å². The second-order valence-electron chi connectivity index (χ2n) is 2.44. The van der Waals surface area contributed by atoms with E-state index in [-0.39, 0.29) is 6.10 Å². The fraction of sp³-hybridized carbons (Fsp3) is 0.556. The highest BCUT2D eigenvalue weighted by atomic mass is 16.3. The molecule has 0 spiro atoms. The summed E-state index contributed by atoms with van der Waals surface area (Å²) in [5.74, 6) is 0. The molecule has 1 atom stereocenters. The van der Waals surface area contributed by atoms with Gasteiger partial charge >= 0.3 is 0 Å². The Morgan fingerprint density at radius 2 is 2.30 bits per heavy atom. The van der Waals surface area contributed by atoms with Crippen LogP contribution in [-0.2, 0) is 0 Å². The molecule has 0 aliphatic rings. The Kier molecular flexibility index (Phi) is 6.19. The Labute approximate surface area is 63.1 Å². The van der Waals surface area contributed by atoms with Gasteiger partial charge in [0.2, 0.25) is 0 Å². The van der Waals surface area contributed by atoms with E-state index < -0.39 is 0 Å². The van der Waals surface area contributed by atoms with Crippen molar-refractivity contribution in [2.24, 2.45) is 0 Å². The molecule has 1 heteroatoms. The molecule has 0 aliphatic heterocycles. The Balaban J connectivity index is 3.04. The molecule has 1 N–H and O–H groups in total. The maximum absolute atomic E-state index is 8.86. The van der Waals surface area contributed by atoms with Crippen molar-refractivity contribution < 1.29 is 5.11 Å². The summed E-state index contributed by atoms with van der Waals surface area (Å²) in [5, 5.41) is 8.86. The molecule has 0 saturated heterocycles. The van der Waals surface area contributed by atoms with Crippen LogP contribution in [0.15, 0.2) is 24.8 Å². The Bertz CT molecular complexity index is 103. The molecule has 0 radical (unpaired) electrons. The fourth-order valence-electron chi connectivity index (χ4n) is 0.724. The van der Waals surface area contributed by atoms with Crippen molar-refractivity contribution in [2.75, 3.05) is 0 Å². The second-order valence-corrected chi connectivity index (χ2v) is 2.44. The molecule has 1 nitrogen and oxygen atoms in total. The van der Waals surface area contributed by atoms with Crippen molar-refractivity contribution in [1.29, 1.82) is 0 Å². The molecule has 58 valence electrons. The van der Waals surface area contributed by atoms with Gasteiger partial charge in [-0.2, -0.15) is 0 Å². The largest absolute Gasteiger partial charge is 0.393 e. The second kappa shape index (κ2) is 6.56. The lowest BCUT2D eigenvalue weighted by Gasteiger charge is -1.99. The van der Waals surface area contributed by atoms with Crippen molar-refractivity contribution in [3.05, 3.63) is 24.8 Å². The minimum atomic E-state index is -0.155. The van der Waals surface area contributed by atoms with Gasteiger partial charge < -0.3 is 5.11 Å². The SMILES string of the molecule is C=CC=CCCCC(C)O. The summed E-state index contributed by atoms with van der Waals surface area (Å²) in [7, 11) is 0. The molecule has 0 saturated carbocycles. The van der Waals surface area contributed by atoms with Crippen LogP contribution < -0.4 is 0 Å². The van der Waals surface area contributed by atoms with E-state index in [1.54, 1.807) is 6.08 Å². The van der Waals surface area contributed by atoms with Gasteiger partial charge in [0, 0.05) is 0 Å². The van der Waals surface area contributed by atoms with Crippen LogP contribution in [0.25, 0.3) is 0 Å². The number of aliphatic hydroxyl groups is 1. The first-order valence-electron chi connectivity index (χ1n) is 3.73. The molecule has 0 amide bonds. The molecule has 10 heavy (non-hydrogen) atoms. The van der Waals surface area contributed by atoms with Crippen LogP contribution in [0.3, 0.4) is 0 Å². The lowest BCUT2D eigenvalue weighted by molar-refractivity contribution is 0.182. The number of hydrogen-bond donors (Lipinski definition) is 1. The van der Waals surface area contributed by atoms with Gasteiger partial charge in [-0.05, 0) is 26.2 Å². The van der Waals surface area contributed by atoms with E-state index in [1.807, 2.05) is 13.0 Å². The summed E-state index contributed by atoms with van der Waals surface area (Å²) in [5.41, 5.74) is 0.